The van der Waals surface area contributed by atoms with Gasteiger partial charge in [0.25, 0.3) is 0 Å². The second-order valence-electron chi connectivity index (χ2n) is 6.34. The molecule has 1 aliphatic heterocycles. The lowest BCUT2D eigenvalue weighted by Gasteiger charge is -2.25. The molecule has 0 amide bonds. The smallest absolute Gasteiger partial charge is 0.361 e. The van der Waals surface area contributed by atoms with E-state index in [2.05, 4.69) is 10.1 Å². The summed E-state index contributed by atoms with van der Waals surface area (Å²) in [7, 11) is 0. The molecule has 1 aromatic carbocycles. The van der Waals surface area contributed by atoms with E-state index in [1.807, 2.05) is 18.7 Å². The minimum Gasteiger partial charge on any atom is -0.361 e. The molecule has 1 atom stereocenters. The molecule has 0 N–H and O–H groups in total. The second-order valence-corrected chi connectivity index (χ2v) is 6.34. The van der Waals surface area contributed by atoms with Crippen molar-refractivity contribution >= 4 is 5.69 Å². The summed E-state index contributed by atoms with van der Waals surface area (Å²) in [5, 5.41) is 12.9. The van der Waals surface area contributed by atoms with Gasteiger partial charge in [-0.05, 0) is 31.0 Å². The molecule has 3 rings (SSSR count). The van der Waals surface area contributed by atoms with Crippen LogP contribution in [0.25, 0.3) is 0 Å². The van der Waals surface area contributed by atoms with Gasteiger partial charge in [-0.25, -0.2) is 0 Å². The van der Waals surface area contributed by atoms with Crippen molar-refractivity contribution in [2.45, 2.75) is 44.8 Å². The molecule has 132 valence electrons. The van der Waals surface area contributed by atoms with Gasteiger partial charge in [-0.2, -0.15) is 23.4 Å². The molecule has 5 nitrogen and oxygen atoms in total. The number of anilines is 1. The topological polar surface area (TPSA) is 66.0 Å². The summed E-state index contributed by atoms with van der Waals surface area (Å²) in [6.45, 7) is 4.46. The van der Waals surface area contributed by atoms with Gasteiger partial charge in [0.1, 0.15) is 0 Å². The third-order valence-corrected chi connectivity index (χ3v) is 4.26. The Bertz CT molecular complexity index is 807. The first-order valence-corrected chi connectivity index (χ1v) is 8.02. The van der Waals surface area contributed by atoms with Crippen molar-refractivity contribution in [1.29, 1.82) is 5.26 Å². The number of hydrogen-bond donors (Lipinski definition) is 0. The highest BCUT2D eigenvalue weighted by Gasteiger charge is 2.36. The van der Waals surface area contributed by atoms with Crippen LogP contribution >= 0.6 is 0 Å². The largest absolute Gasteiger partial charge is 0.417 e. The van der Waals surface area contributed by atoms with Gasteiger partial charge in [-0.15, -0.1) is 0 Å². The van der Waals surface area contributed by atoms with E-state index in [0.717, 1.165) is 18.9 Å². The van der Waals surface area contributed by atoms with E-state index in [1.165, 1.54) is 12.1 Å². The van der Waals surface area contributed by atoms with E-state index < -0.39 is 11.7 Å². The summed E-state index contributed by atoms with van der Waals surface area (Å²) in [5.74, 6) is 1.08. The molecule has 1 aliphatic rings. The Kier molecular flexibility index (Phi) is 4.41. The molecule has 0 bridgehead atoms. The van der Waals surface area contributed by atoms with Crippen LogP contribution < -0.4 is 4.90 Å². The Hall–Kier alpha value is -2.56. The average Bonchev–Trinajstić information content (AvgIpc) is 3.22. The number of rotatable bonds is 3. The van der Waals surface area contributed by atoms with Gasteiger partial charge >= 0.3 is 6.18 Å². The Morgan fingerprint density at radius 3 is 2.72 bits per heavy atom. The Labute approximate surface area is 143 Å². The molecular weight excluding hydrogens is 333 g/mol. The average molecular weight is 350 g/mol. The number of nitrogens with zero attached hydrogens (tertiary/aromatic N) is 4. The molecule has 2 aromatic rings. The lowest BCUT2D eigenvalue weighted by molar-refractivity contribution is -0.137. The molecule has 8 heteroatoms. The summed E-state index contributed by atoms with van der Waals surface area (Å²) in [5.41, 5.74) is -0.896. The molecule has 1 aromatic heterocycles. The first-order valence-electron chi connectivity index (χ1n) is 8.02. The fraction of sp³-hybridized carbons (Fsp3) is 0.471. The van der Waals surface area contributed by atoms with Crippen LogP contribution in [0.1, 0.15) is 61.5 Å². The zero-order valence-corrected chi connectivity index (χ0v) is 13.8. The second kappa shape index (κ2) is 6.39. The molecule has 0 spiro atoms. The molecule has 1 unspecified atom stereocenters. The molecule has 1 saturated heterocycles. The number of aromatic nitrogens is 2. The fourth-order valence-electron chi connectivity index (χ4n) is 3.00. The van der Waals surface area contributed by atoms with E-state index >= 15 is 0 Å². The van der Waals surface area contributed by atoms with E-state index in [-0.39, 0.29) is 17.5 Å². The Morgan fingerprint density at radius 2 is 2.12 bits per heavy atom. The maximum atomic E-state index is 13.2. The lowest BCUT2D eigenvalue weighted by Crippen LogP contribution is -2.24. The lowest BCUT2D eigenvalue weighted by atomic mass is 10.1. The number of alkyl halides is 3. The van der Waals surface area contributed by atoms with Crippen LogP contribution in [0.5, 0.6) is 0 Å². The molecule has 0 radical (unpaired) electrons. The van der Waals surface area contributed by atoms with Gasteiger partial charge in [0.05, 0.1) is 23.2 Å². The summed E-state index contributed by atoms with van der Waals surface area (Å²) in [4.78, 5) is 6.22. The SMILES string of the molecule is CC(C)c1nc(C2CCCN2c2ccc(C#N)c(C(F)(F)F)c2)no1. The zero-order chi connectivity index (χ0) is 18.2. The van der Waals surface area contributed by atoms with E-state index in [4.69, 9.17) is 9.78 Å². The summed E-state index contributed by atoms with van der Waals surface area (Å²) < 4.78 is 44.8. The normalized spacial score (nSPS) is 18.0. The molecule has 0 saturated carbocycles. The van der Waals surface area contributed by atoms with Crippen LogP contribution in [0.4, 0.5) is 18.9 Å². The highest BCUT2D eigenvalue weighted by molar-refractivity contribution is 5.56. The highest BCUT2D eigenvalue weighted by atomic mass is 19.4. The van der Waals surface area contributed by atoms with E-state index in [1.54, 1.807) is 6.07 Å². The van der Waals surface area contributed by atoms with Crippen molar-refractivity contribution < 1.29 is 17.7 Å². The Balaban J connectivity index is 1.96. The minimum absolute atomic E-state index is 0.0860. The van der Waals surface area contributed by atoms with Crippen molar-refractivity contribution in [2.75, 3.05) is 11.4 Å². The quantitative estimate of drug-likeness (QED) is 0.819. The summed E-state index contributed by atoms with van der Waals surface area (Å²) in [6, 6.07) is 5.15. The van der Waals surface area contributed by atoms with Crippen molar-refractivity contribution in [2.24, 2.45) is 0 Å². The van der Waals surface area contributed by atoms with Gasteiger partial charge < -0.3 is 9.42 Å². The third-order valence-electron chi connectivity index (χ3n) is 4.26. The van der Waals surface area contributed by atoms with Crippen LogP contribution in [0.2, 0.25) is 0 Å². The molecule has 2 heterocycles. The number of benzene rings is 1. The van der Waals surface area contributed by atoms with Crippen molar-refractivity contribution in [3.8, 4) is 6.07 Å². The fourth-order valence-corrected chi connectivity index (χ4v) is 3.00. The van der Waals surface area contributed by atoms with Crippen LogP contribution in [0.3, 0.4) is 0 Å². The van der Waals surface area contributed by atoms with Gasteiger partial charge in [0.15, 0.2) is 5.82 Å². The highest BCUT2D eigenvalue weighted by Crippen LogP contribution is 2.39. The first kappa shape index (κ1) is 17.3. The molecular formula is C17H17F3N4O. The summed E-state index contributed by atoms with van der Waals surface area (Å²) >= 11 is 0. The van der Waals surface area contributed by atoms with Crippen molar-refractivity contribution in [1.82, 2.24) is 10.1 Å². The van der Waals surface area contributed by atoms with Crippen LogP contribution in [-0.2, 0) is 6.18 Å². The zero-order valence-electron chi connectivity index (χ0n) is 13.8. The maximum Gasteiger partial charge on any atom is 0.417 e. The van der Waals surface area contributed by atoms with E-state index in [0.29, 0.717) is 23.9 Å². The molecule has 25 heavy (non-hydrogen) atoms. The van der Waals surface area contributed by atoms with Gasteiger partial charge in [-0.1, -0.05) is 19.0 Å². The van der Waals surface area contributed by atoms with Crippen LogP contribution in [0.15, 0.2) is 22.7 Å². The summed E-state index contributed by atoms with van der Waals surface area (Å²) in [6.07, 6.45) is -3.02. The number of halogens is 3. The van der Waals surface area contributed by atoms with Crippen LogP contribution in [-0.4, -0.2) is 16.7 Å². The van der Waals surface area contributed by atoms with Crippen LogP contribution in [0, 0.1) is 11.3 Å². The maximum absolute atomic E-state index is 13.2. The standard InChI is InChI=1S/C17H17F3N4O/c1-10(2)16-22-15(23-25-16)14-4-3-7-24(14)12-6-5-11(9-21)13(8-12)17(18,19)20/h5-6,8,10,14H,3-4,7H2,1-2H3. The minimum atomic E-state index is -4.58. The van der Waals surface area contributed by atoms with Gasteiger partial charge in [0, 0.05) is 18.2 Å². The third kappa shape index (κ3) is 3.31. The predicted octanol–water partition coefficient (Wildman–Crippen LogP) is 4.42. The Morgan fingerprint density at radius 1 is 1.36 bits per heavy atom. The van der Waals surface area contributed by atoms with E-state index in [9.17, 15) is 13.2 Å². The number of hydrogen-bond acceptors (Lipinski definition) is 5. The number of nitriles is 1. The molecule has 0 aliphatic carbocycles. The molecule has 1 fully saturated rings. The predicted molar refractivity (Wildman–Crippen MR) is 83.9 cm³/mol. The van der Waals surface area contributed by atoms with Gasteiger partial charge in [-0.3, -0.25) is 0 Å². The monoisotopic (exact) mass is 350 g/mol. The van der Waals surface area contributed by atoms with Gasteiger partial charge in [0.2, 0.25) is 5.89 Å². The van der Waals surface area contributed by atoms with Crippen molar-refractivity contribution in [3.63, 3.8) is 0 Å². The first-order chi connectivity index (χ1) is 11.8. The van der Waals surface area contributed by atoms with Crippen molar-refractivity contribution in [3.05, 3.63) is 41.0 Å².